The fourth-order valence-corrected chi connectivity index (χ4v) is 1.48. The Balaban J connectivity index is 2.56. The molecule has 0 radical (unpaired) electrons. The van der Waals surface area contributed by atoms with Gasteiger partial charge < -0.3 is 10.2 Å². The van der Waals surface area contributed by atoms with Crippen molar-refractivity contribution in [2.24, 2.45) is 0 Å². The molecule has 5 heteroatoms. The zero-order valence-electron chi connectivity index (χ0n) is 6.64. The third kappa shape index (κ3) is 2.64. The molecule has 1 unspecified atom stereocenters. The molecule has 13 heavy (non-hydrogen) atoms. The van der Waals surface area contributed by atoms with E-state index in [1.807, 2.05) is 0 Å². The number of thiophene rings is 1. The number of carboxylic acid groups (broad SMARTS) is 1. The predicted molar refractivity (Wildman–Crippen MR) is 46.9 cm³/mol. The monoisotopic (exact) mass is 200 g/mol. The summed E-state index contributed by atoms with van der Waals surface area (Å²) in [4.78, 5) is 21.9. The van der Waals surface area contributed by atoms with E-state index in [0.29, 0.717) is 4.88 Å². The van der Waals surface area contributed by atoms with Crippen molar-refractivity contribution in [2.75, 3.05) is 0 Å². The maximum Gasteiger partial charge on any atom is 0.332 e. The van der Waals surface area contributed by atoms with E-state index in [1.165, 1.54) is 11.3 Å². The SMILES string of the molecule is O=C(CC(O)C(=O)O)c1cccs1. The van der Waals surface area contributed by atoms with Crippen molar-refractivity contribution < 1.29 is 19.8 Å². The predicted octanol–water partition coefficient (Wildman–Crippen LogP) is 0.766. The number of rotatable bonds is 4. The van der Waals surface area contributed by atoms with E-state index in [2.05, 4.69) is 0 Å². The minimum absolute atomic E-state index is 0.343. The average Bonchev–Trinajstić information content (AvgIpc) is 2.55. The third-order valence-electron chi connectivity index (χ3n) is 1.46. The van der Waals surface area contributed by atoms with Gasteiger partial charge in [0.05, 0.1) is 4.88 Å². The van der Waals surface area contributed by atoms with Gasteiger partial charge in [-0.2, -0.15) is 0 Å². The van der Waals surface area contributed by atoms with Crippen molar-refractivity contribution in [1.29, 1.82) is 0 Å². The number of hydrogen-bond donors (Lipinski definition) is 2. The molecule has 0 aromatic carbocycles. The van der Waals surface area contributed by atoms with Crippen LogP contribution in [0.3, 0.4) is 0 Å². The lowest BCUT2D eigenvalue weighted by molar-refractivity contribution is -0.146. The minimum atomic E-state index is -1.60. The Bertz CT molecular complexity index is 304. The summed E-state index contributed by atoms with van der Waals surface area (Å²) in [5.74, 6) is -1.71. The Labute approximate surface area is 78.4 Å². The molecule has 1 heterocycles. The second-order valence-electron chi connectivity index (χ2n) is 2.46. The van der Waals surface area contributed by atoms with Crippen LogP contribution in [-0.4, -0.2) is 28.1 Å². The number of carbonyl (C=O) groups excluding carboxylic acids is 1. The minimum Gasteiger partial charge on any atom is -0.479 e. The van der Waals surface area contributed by atoms with Gasteiger partial charge in [-0.25, -0.2) is 4.79 Å². The highest BCUT2D eigenvalue weighted by Gasteiger charge is 2.18. The van der Waals surface area contributed by atoms with Crippen LogP contribution in [0.4, 0.5) is 0 Å². The Morgan fingerprint density at radius 1 is 1.54 bits per heavy atom. The molecular weight excluding hydrogens is 192 g/mol. The molecule has 0 aliphatic carbocycles. The van der Waals surface area contributed by atoms with E-state index >= 15 is 0 Å². The summed E-state index contributed by atoms with van der Waals surface area (Å²) < 4.78 is 0. The molecule has 0 saturated carbocycles. The highest BCUT2D eigenvalue weighted by molar-refractivity contribution is 7.12. The van der Waals surface area contributed by atoms with Gasteiger partial charge in [0.25, 0.3) is 0 Å². The molecule has 0 bridgehead atoms. The first-order valence-electron chi connectivity index (χ1n) is 3.59. The molecule has 1 atom stereocenters. The Morgan fingerprint density at radius 2 is 2.23 bits per heavy atom. The molecular formula is C8H8O4S. The number of aliphatic hydroxyl groups is 1. The molecule has 0 aliphatic heterocycles. The van der Waals surface area contributed by atoms with Gasteiger partial charge in [0.15, 0.2) is 11.9 Å². The molecule has 0 aliphatic rings. The van der Waals surface area contributed by atoms with Crippen LogP contribution < -0.4 is 0 Å². The largest absolute Gasteiger partial charge is 0.479 e. The smallest absolute Gasteiger partial charge is 0.332 e. The molecule has 0 saturated heterocycles. The quantitative estimate of drug-likeness (QED) is 0.704. The fourth-order valence-electron chi connectivity index (χ4n) is 0.801. The van der Waals surface area contributed by atoms with Crippen LogP contribution in [0.25, 0.3) is 0 Å². The summed E-state index contributed by atoms with van der Waals surface area (Å²) in [6.45, 7) is 0. The lowest BCUT2D eigenvalue weighted by atomic mass is 10.1. The van der Waals surface area contributed by atoms with Gasteiger partial charge in [-0.3, -0.25) is 4.79 Å². The summed E-state index contributed by atoms with van der Waals surface area (Å²) in [5.41, 5.74) is 0. The molecule has 1 rings (SSSR count). The van der Waals surface area contributed by atoms with Crippen molar-refractivity contribution in [3.05, 3.63) is 22.4 Å². The van der Waals surface area contributed by atoms with Crippen molar-refractivity contribution in [1.82, 2.24) is 0 Å². The van der Waals surface area contributed by atoms with Gasteiger partial charge in [-0.1, -0.05) is 6.07 Å². The van der Waals surface area contributed by atoms with Gasteiger partial charge in [-0.05, 0) is 11.4 Å². The second kappa shape index (κ2) is 4.15. The Kier molecular flexibility index (Phi) is 3.16. The van der Waals surface area contributed by atoms with E-state index in [9.17, 15) is 9.59 Å². The van der Waals surface area contributed by atoms with Gasteiger partial charge in [0.1, 0.15) is 0 Å². The number of aliphatic hydroxyl groups excluding tert-OH is 1. The van der Waals surface area contributed by atoms with Crippen LogP contribution in [-0.2, 0) is 4.79 Å². The van der Waals surface area contributed by atoms with Crippen LogP contribution in [0.1, 0.15) is 16.1 Å². The van der Waals surface area contributed by atoms with E-state index in [-0.39, 0.29) is 12.2 Å². The molecule has 2 N–H and O–H groups in total. The van der Waals surface area contributed by atoms with Crippen LogP contribution in [0.5, 0.6) is 0 Å². The van der Waals surface area contributed by atoms with E-state index in [1.54, 1.807) is 17.5 Å². The zero-order chi connectivity index (χ0) is 9.84. The van der Waals surface area contributed by atoms with Crippen molar-refractivity contribution in [2.45, 2.75) is 12.5 Å². The number of Topliss-reactive ketones (excluding diaryl/α,β-unsaturated/α-hetero) is 1. The Morgan fingerprint density at radius 3 is 2.69 bits per heavy atom. The summed E-state index contributed by atoms with van der Waals surface area (Å²) in [6.07, 6.45) is -1.97. The summed E-state index contributed by atoms with van der Waals surface area (Å²) >= 11 is 1.23. The normalized spacial score (nSPS) is 12.4. The lowest BCUT2D eigenvalue weighted by Crippen LogP contribution is -2.22. The van der Waals surface area contributed by atoms with Gasteiger partial charge in [0, 0.05) is 6.42 Å². The number of carbonyl (C=O) groups is 2. The third-order valence-corrected chi connectivity index (χ3v) is 2.37. The second-order valence-corrected chi connectivity index (χ2v) is 3.41. The van der Waals surface area contributed by atoms with Gasteiger partial charge in [0.2, 0.25) is 0 Å². The van der Waals surface area contributed by atoms with Crippen molar-refractivity contribution in [3.8, 4) is 0 Å². The maximum absolute atomic E-state index is 11.2. The van der Waals surface area contributed by atoms with Crippen LogP contribution in [0, 0.1) is 0 Å². The van der Waals surface area contributed by atoms with E-state index < -0.39 is 12.1 Å². The maximum atomic E-state index is 11.2. The van der Waals surface area contributed by atoms with Crippen molar-refractivity contribution in [3.63, 3.8) is 0 Å². The molecule has 0 amide bonds. The average molecular weight is 200 g/mol. The molecule has 0 fully saturated rings. The molecule has 1 aromatic rings. The molecule has 1 aromatic heterocycles. The highest BCUT2D eigenvalue weighted by Crippen LogP contribution is 2.12. The van der Waals surface area contributed by atoms with Crippen LogP contribution in [0.2, 0.25) is 0 Å². The number of carboxylic acids is 1. The number of aliphatic carboxylic acids is 1. The summed E-state index contributed by atoms with van der Waals surface area (Å²) in [7, 11) is 0. The van der Waals surface area contributed by atoms with Gasteiger partial charge in [-0.15, -0.1) is 11.3 Å². The Hall–Kier alpha value is -1.20. The lowest BCUT2D eigenvalue weighted by Gasteiger charge is -2.01. The fraction of sp³-hybridized carbons (Fsp3) is 0.250. The van der Waals surface area contributed by atoms with Gasteiger partial charge >= 0.3 is 5.97 Å². The topological polar surface area (TPSA) is 74.6 Å². The van der Waals surface area contributed by atoms with E-state index in [4.69, 9.17) is 10.2 Å². The molecule has 4 nitrogen and oxygen atoms in total. The molecule has 0 spiro atoms. The van der Waals surface area contributed by atoms with Crippen LogP contribution >= 0.6 is 11.3 Å². The number of ketones is 1. The van der Waals surface area contributed by atoms with E-state index in [0.717, 1.165) is 0 Å². The highest BCUT2D eigenvalue weighted by atomic mass is 32.1. The van der Waals surface area contributed by atoms with Crippen LogP contribution in [0.15, 0.2) is 17.5 Å². The first-order valence-corrected chi connectivity index (χ1v) is 4.47. The summed E-state index contributed by atoms with van der Waals surface area (Å²) in [5, 5.41) is 18.9. The standard InChI is InChI=1S/C8H8O4S/c9-5(4-6(10)8(11)12)7-2-1-3-13-7/h1-3,6,10H,4H2,(H,11,12). The first kappa shape index (κ1) is 9.88. The number of hydrogen-bond acceptors (Lipinski definition) is 4. The first-order chi connectivity index (χ1) is 6.11. The zero-order valence-corrected chi connectivity index (χ0v) is 7.45. The van der Waals surface area contributed by atoms with Crippen molar-refractivity contribution >= 4 is 23.1 Å². The molecule has 70 valence electrons. The summed E-state index contributed by atoms with van der Waals surface area (Å²) in [6, 6.07) is 3.30.